The lowest BCUT2D eigenvalue weighted by atomic mass is 9.93. The Balaban J connectivity index is 1.32. The van der Waals surface area contributed by atoms with Crippen molar-refractivity contribution in [2.24, 2.45) is 0 Å². The van der Waals surface area contributed by atoms with E-state index in [9.17, 15) is 0 Å². The van der Waals surface area contributed by atoms with Crippen LogP contribution in [0.4, 0.5) is 13.2 Å². The first kappa shape index (κ1) is 42.2. The highest BCUT2D eigenvalue weighted by molar-refractivity contribution is 6.11. The van der Waals surface area contributed by atoms with E-state index in [1.807, 2.05) is 152 Å². The van der Waals surface area contributed by atoms with Crippen molar-refractivity contribution in [2.45, 2.75) is 26.9 Å². The molecule has 5 nitrogen and oxygen atoms in total. The maximum Gasteiger partial charge on any atom is 0.416 e. The first-order chi connectivity index (χ1) is 33.1. The summed E-state index contributed by atoms with van der Waals surface area (Å²) in [7, 11) is 0. The molecule has 0 saturated heterocycles. The average Bonchev–Trinajstić information content (AvgIpc) is 3.69. The molecule has 0 bridgehead atoms. The number of rotatable bonds is 8. The van der Waals surface area contributed by atoms with Crippen LogP contribution in [-0.2, 0) is 6.18 Å². The predicted molar refractivity (Wildman–Crippen MR) is 269 cm³/mol. The summed E-state index contributed by atoms with van der Waals surface area (Å²) in [4.78, 5) is 20.7. The van der Waals surface area contributed by atoms with E-state index < -0.39 is 11.7 Å². The molecule has 0 N–H and O–H groups in total. The Hall–Kier alpha value is -8.49. The number of fused-ring (bicyclic) bond motifs is 3. The molecule has 8 aromatic carbocycles. The molecule has 0 atom stereocenters. The molecule has 3 heterocycles. The summed E-state index contributed by atoms with van der Waals surface area (Å²) >= 11 is 0. The summed E-state index contributed by atoms with van der Waals surface area (Å²) in [5.74, 6) is 0.227. The fourth-order valence-corrected chi connectivity index (χ4v) is 9.54. The molecule has 0 saturated carbocycles. The Morgan fingerprint density at radius 3 is 1.21 bits per heavy atom. The lowest BCUT2D eigenvalue weighted by molar-refractivity contribution is -0.137. The fourth-order valence-electron chi connectivity index (χ4n) is 9.54. The zero-order valence-corrected chi connectivity index (χ0v) is 37.4. The molecule has 3 aromatic heterocycles. The average molecular weight is 890 g/mol. The van der Waals surface area contributed by atoms with E-state index in [-0.39, 0.29) is 22.8 Å². The van der Waals surface area contributed by atoms with Gasteiger partial charge in [-0.3, -0.25) is 0 Å². The molecule has 0 aliphatic rings. The highest BCUT2D eigenvalue weighted by Crippen LogP contribution is 2.46. The lowest BCUT2D eigenvalue weighted by Gasteiger charge is -2.21. The number of alkyl halides is 3. The minimum Gasteiger partial charge on any atom is -0.308 e. The van der Waals surface area contributed by atoms with E-state index in [0.717, 1.165) is 71.9 Å². The Labute approximate surface area is 392 Å². The highest BCUT2D eigenvalue weighted by atomic mass is 19.4. The predicted octanol–water partition coefficient (Wildman–Crippen LogP) is 16.0. The summed E-state index contributed by atoms with van der Waals surface area (Å²) in [6.07, 6.45) is -4.78. The van der Waals surface area contributed by atoms with E-state index in [0.29, 0.717) is 28.5 Å². The van der Waals surface area contributed by atoms with Crippen molar-refractivity contribution in [3.05, 3.63) is 222 Å². The van der Waals surface area contributed by atoms with E-state index in [4.69, 9.17) is 19.9 Å². The third kappa shape index (κ3) is 7.79. The molecule has 0 aliphatic heterocycles. The van der Waals surface area contributed by atoms with Crippen LogP contribution in [0.3, 0.4) is 0 Å². The SMILES string of the molecule is Cc1cc(C)c(-c2ccc3c4ccccc4n(-c4c(-c5nc(-c6ccccc6)cc(-c6ccccc6)n5)cc(C(F)(F)F)cc4-c4nc(-c5ccccc5)cc(-c5ccccc5)n4)c3c2)c(C)c1. The van der Waals surface area contributed by atoms with Crippen molar-refractivity contribution in [2.75, 3.05) is 0 Å². The fraction of sp³-hybridized carbons (Fsp3) is 0.0667. The summed E-state index contributed by atoms with van der Waals surface area (Å²) in [5, 5.41) is 1.85. The van der Waals surface area contributed by atoms with Gasteiger partial charge in [0.25, 0.3) is 0 Å². The molecule has 0 spiro atoms. The van der Waals surface area contributed by atoms with Crippen LogP contribution in [0.25, 0.3) is 106 Å². The van der Waals surface area contributed by atoms with Gasteiger partial charge in [0.05, 0.1) is 45.1 Å². The molecule has 0 aliphatic carbocycles. The van der Waals surface area contributed by atoms with Crippen molar-refractivity contribution >= 4 is 21.8 Å². The van der Waals surface area contributed by atoms with Gasteiger partial charge in [-0.2, -0.15) is 13.2 Å². The Bertz CT molecular complexity index is 3390. The van der Waals surface area contributed by atoms with E-state index in [2.05, 4.69) is 61.7 Å². The topological polar surface area (TPSA) is 56.5 Å². The molecule has 11 aromatic rings. The van der Waals surface area contributed by atoms with Crippen LogP contribution in [0, 0.1) is 20.8 Å². The number of aromatic nitrogens is 5. The summed E-state index contributed by atoms with van der Waals surface area (Å²) < 4.78 is 49.4. The van der Waals surface area contributed by atoms with Gasteiger partial charge >= 0.3 is 6.18 Å². The van der Waals surface area contributed by atoms with E-state index in [1.54, 1.807) is 0 Å². The Kier molecular flexibility index (Phi) is 10.6. The number of halogens is 3. The molecule has 8 heteroatoms. The molecule has 0 fully saturated rings. The van der Waals surface area contributed by atoms with Gasteiger partial charge in [-0.1, -0.05) is 169 Å². The van der Waals surface area contributed by atoms with Gasteiger partial charge in [0.1, 0.15) is 0 Å². The highest BCUT2D eigenvalue weighted by Gasteiger charge is 2.35. The van der Waals surface area contributed by atoms with Gasteiger partial charge in [-0.25, -0.2) is 19.9 Å². The van der Waals surface area contributed by atoms with Crippen molar-refractivity contribution in [1.29, 1.82) is 0 Å². The molecule has 11 rings (SSSR count). The monoisotopic (exact) mass is 889 g/mol. The van der Waals surface area contributed by atoms with Crippen LogP contribution in [0.2, 0.25) is 0 Å². The second-order valence-electron chi connectivity index (χ2n) is 17.2. The summed E-state index contributed by atoms with van der Waals surface area (Å²) in [6, 6.07) is 63.5. The Morgan fingerprint density at radius 2 is 0.779 bits per heavy atom. The quantitative estimate of drug-likeness (QED) is 0.152. The molecule has 0 amide bonds. The molecule has 0 radical (unpaired) electrons. The van der Waals surface area contributed by atoms with Crippen LogP contribution >= 0.6 is 0 Å². The smallest absolute Gasteiger partial charge is 0.308 e. The van der Waals surface area contributed by atoms with Crippen LogP contribution < -0.4 is 0 Å². The van der Waals surface area contributed by atoms with Gasteiger partial charge < -0.3 is 4.57 Å². The lowest BCUT2D eigenvalue weighted by Crippen LogP contribution is -2.11. The Morgan fingerprint density at radius 1 is 0.382 bits per heavy atom. The number of hydrogen-bond donors (Lipinski definition) is 0. The number of benzene rings is 8. The number of para-hydroxylation sites is 1. The first-order valence-corrected chi connectivity index (χ1v) is 22.4. The van der Waals surface area contributed by atoms with Crippen LogP contribution in [0.1, 0.15) is 22.3 Å². The van der Waals surface area contributed by atoms with Gasteiger partial charge in [0, 0.05) is 44.2 Å². The van der Waals surface area contributed by atoms with Crippen LogP contribution in [-0.4, -0.2) is 24.5 Å². The second-order valence-corrected chi connectivity index (χ2v) is 17.2. The normalized spacial score (nSPS) is 11.7. The van der Waals surface area contributed by atoms with Crippen LogP contribution in [0.5, 0.6) is 0 Å². The molecule has 68 heavy (non-hydrogen) atoms. The minimum atomic E-state index is -4.78. The van der Waals surface area contributed by atoms with Gasteiger partial charge in [0.15, 0.2) is 11.6 Å². The van der Waals surface area contributed by atoms with Crippen LogP contribution in [0.15, 0.2) is 200 Å². The van der Waals surface area contributed by atoms with Crippen molar-refractivity contribution in [3.63, 3.8) is 0 Å². The zero-order chi connectivity index (χ0) is 46.5. The van der Waals surface area contributed by atoms with E-state index >= 15 is 13.2 Å². The van der Waals surface area contributed by atoms with Gasteiger partial charge in [-0.05, 0) is 79.4 Å². The second kappa shape index (κ2) is 17.1. The number of aryl methyl sites for hydroxylation is 3. The number of hydrogen-bond acceptors (Lipinski definition) is 4. The first-order valence-electron chi connectivity index (χ1n) is 22.4. The zero-order valence-electron chi connectivity index (χ0n) is 37.4. The summed E-state index contributed by atoms with van der Waals surface area (Å²) in [5.41, 5.74) is 12.3. The number of nitrogens with zero attached hydrogens (tertiary/aromatic N) is 5. The van der Waals surface area contributed by atoms with Crippen molar-refractivity contribution in [3.8, 4) is 84.6 Å². The van der Waals surface area contributed by atoms with Gasteiger partial charge in [0.2, 0.25) is 0 Å². The van der Waals surface area contributed by atoms with Gasteiger partial charge in [-0.15, -0.1) is 0 Å². The largest absolute Gasteiger partial charge is 0.416 e. The minimum absolute atomic E-state index is 0.113. The molecular weight excluding hydrogens is 848 g/mol. The third-order valence-electron chi connectivity index (χ3n) is 12.5. The molecular formula is C60H42F3N5. The molecule has 328 valence electrons. The van der Waals surface area contributed by atoms with E-state index in [1.165, 1.54) is 12.1 Å². The maximum atomic E-state index is 15.8. The standard InChI is InChI=1S/C60H42F3N5/c1-37-30-38(2)56(39(3)31-37)44-28-29-47-46-26-16-17-27-54(46)68(55(47)32-44)57-48(58-64-50(40-18-8-4-9-19-40)35-51(65-58)41-20-10-5-11-21-41)33-45(60(61,62)63)34-49(57)59-66-52(42-22-12-6-13-23-42)36-53(67-59)43-24-14-7-15-25-43/h4-36H,1-3H3. The van der Waals surface area contributed by atoms with Crippen molar-refractivity contribution in [1.82, 2.24) is 24.5 Å². The van der Waals surface area contributed by atoms with Crippen molar-refractivity contribution < 1.29 is 13.2 Å². The summed E-state index contributed by atoms with van der Waals surface area (Å²) in [6.45, 7) is 6.32. The molecule has 0 unspecified atom stereocenters. The maximum absolute atomic E-state index is 15.8. The third-order valence-corrected chi connectivity index (χ3v) is 12.5.